The lowest BCUT2D eigenvalue weighted by Crippen LogP contribution is -2.54. The van der Waals surface area contributed by atoms with Crippen LogP contribution in [0.5, 0.6) is 0 Å². The Bertz CT molecular complexity index is 974. The zero-order valence-corrected chi connectivity index (χ0v) is 18.7. The summed E-state index contributed by atoms with van der Waals surface area (Å²) in [6.07, 6.45) is 2.16. The van der Waals surface area contributed by atoms with E-state index in [0.29, 0.717) is 39.0 Å². The van der Waals surface area contributed by atoms with Gasteiger partial charge in [0.1, 0.15) is 0 Å². The minimum atomic E-state index is -0.797. The first kappa shape index (κ1) is 21.6. The molecule has 0 unspecified atom stereocenters. The zero-order valence-electron chi connectivity index (χ0n) is 17.9. The summed E-state index contributed by atoms with van der Waals surface area (Å²) >= 11 is 1.67. The van der Waals surface area contributed by atoms with Crippen molar-refractivity contribution in [1.82, 2.24) is 9.80 Å². The van der Waals surface area contributed by atoms with E-state index in [1.165, 1.54) is 0 Å². The van der Waals surface area contributed by atoms with Gasteiger partial charge >= 0.3 is 0 Å². The van der Waals surface area contributed by atoms with Crippen molar-refractivity contribution in [2.24, 2.45) is 17.1 Å². The number of hydrogen-bond acceptors (Lipinski definition) is 4. The van der Waals surface area contributed by atoms with Gasteiger partial charge in [0.25, 0.3) is 0 Å². The number of nitrogens with two attached hydrogens (primary N) is 1. The van der Waals surface area contributed by atoms with Gasteiger partial charge in [0.15, 0.2) is 0 Å². The molecule has 0 aliphatic carbocycles. The lowest BCUT2D eigenvalue weighted by atomic mass is 9.73. The molecule has 2 fully saturated rings. The fraction of sp³-hybridized carbons (Fsp3) is 0.458. The van der Waals surface area contributed by atoms with E-state index in [1.54, 1.807) is 21.1 Å². The molecule has 2 atom stereocenters. The standard InChI is InChI=1S/C24H29N3O3S/c1-2-26-15-18(13-21(26)28)22(29)27-11-6-10-24(16-27,23(25)30)14-17-7-3-4-8-19(17)20-9-5-12-31-20/h3-5,7-9,12,18H,2,6,10-11,13-16H2,1H3,(H2,25,30)/t18-,24-/m1/s1. The topological polar surface area (TPSA) is 83.7 Å². The number of benzene rings is 1. The summed E-state index contributed by atoms with van der Waals surface area (Å²) in [4.78, 5) is 42.7. The Labute approximate surface area is 187 Å². The Morgan fingerprint density at radius 2 is 2.03 bits per heavy atom. The second-order valence-corrected chi connectivity index (χ2v) is 9.60. The average molecular weight is 440 g/mol. The first-order valence-electron chi connectivity index (χ1n) is 10.9. The number of hydrogen-bond donors (Lipinski definition) is 1. The smallest absolute Gasteiger partial charge is 0.228 e. The van der Waals surface area contributed by atoms with E-state index in [-0.39, 0.29) is 30.1 Å². The highest BCUT2D eigenvalue weighted by atomic mass is 32.1. The number of likely N-dealkylation sites (tertiary alicyclic amines) is 2. The van der Waals surface area contributed by atoms with Crippen LogP contribution in [0.2, 0.25) is 0 Å². The molecule has 0 spiro atoms. The molecule has 2 N–H and O–H groups in total. The van der Waals surface area contributed by atoms with Crippen LogP contribution in [0.15, 0.2) is 41.8 Å². The third kappa shape index (κ3) is 4.24. The van der Waals surface area contributed by atoms with Gasteiger partial charge in [-0.05, 0) is 48.8 Å². The maximum atomic E-state index is 13.2. The average Bonchev–Trinajstić information content (AvgIpc) is 3.43. The van der Waals surface area contributed by atoms with Gasteiger partial charge in [0, 0.05) is 37.5 Å². The Hall–Kier alpha value is -2.67. The predicted molar refractivity (Wildman–Crippen MR) is 121 cm³/mol. The number of primary amides is 1. The van der Waals surface area contributed by atoms with Gasteiger partial charge in [-0.2, -0.15) is 0 Å². The molecule has 1 aromatic carbocycles. The van der Waals surface area contributed by atoms with E-state index in [9.17, 15) is 14.4 Å². The summed E-state index contributed by atoms with van der Waals surface area (Å²) in [6.45, 7) is 3.94. The molecule has 1 aromatic heterocycles. The minimum absolute atomic E-state index is 0.0267. The normalized spacial score (nSPS) is 23.9. The molecule has 31 heavy (non-hydrogen) atoms. The first-order valence-corrected chi connectivity index (χ1v) is 11.8. The SMILES string of the molecule is CCN1C[C@H](C(=O)N2CCC[C@](Cc3ccccc3-c3cccs3)(C(N)=O)C2)CC1=O. The van der Waals surface area contributed by atoms with E-state index in [2.05, 4.69) is 18.2 Å². The van der Waals surface area contributed by atoms with Gasteiger partial charge in [-0.3, -0.25) is 14.4 Å². The van der Waals surface area contributed by atoms with Gasteiger partial charge in [-0.25, -0.2) is 0 Å². The summed E-state index contributed by atoms with van der Waals surface area (Å²) in [6, 6.07) is 12.2. The largest absolute Gasteiger partial charge is 0.369 e. The second kappa shape index (κ2) is 8.83. The Kier molecular flexibility index (Phi) is 6.14. The second-order valence-electron chi connectivity index (χ2n) is 8.65. The van der Waals surface area contributed by atoms with Crippen LogP contribution in [0.3, 0.4) is 0 Å². The van der Waals surface area contributed by atoms with Gasteiger partial charge < -0.3 is 15.5 Å². The van der Waals surface area contributed by atoms with Crippen molar-refractivity contribution < 1.29 is 14.4 Å². The quantitative estimate of drug-likeness (QED) is 0.751. The molecular formula is C24H29N3O3S. The molecule has 4 rings (SSSR count). The molecule has 0 saturated carbocycles. The molecule has 7 heteroatoms. The molecule has 0 radical (unpaired) electrons. The van der Waals surface area contributed by atoms with Crippen LogP contribution in [0, 0.1) is 11.3 Å². The first-order chi connectivity index (χ1) is 14.9. The van der Waals surface area contributed by atoms with Crippen LogP contribution in [-0.2, 0) is 20.8 Å². The number of amides is 3. The van der Waals surface area contributed by atoms with E-state index in [4.69, 9.17) is 5.73 Å². The van der Waals surface area contributed by atoms with Crippen molar-refractivity contribution in [1.29, 1.82) is 0 Å². The van der Waals surface area contributed by atoms with Crippen LogP contribution in [0.25, 0.3) is 10.4 Å². The van der Waals surface area contributed by atoms with Gasteiger partial charge in [-0.1, -0.05) is 30.3 Å². The highest BCUT2D eigenvalue weighted by Gasteiger charge is 2.45. The van der Waals surface area contributed by atoms with Crippen molar-refractivity contribution in [3.8, 4) is 10.4 Å². The highest BCUT2D eigenvalue weighted by Crippen LogP contribution is 2.38. The van der Waals surface area contributed by atoms with Crippen molar-refractivity contribution >= 4 is 29.1 Å². The van der Waals surface area contributed by atoms with Gasteiger partial charge in [0.2, 0.25) is 17.7 Å². The third-order valence-electron chi connectivity index (χ3n) is 6.69. The lowest BCUT2D eigenvalue weighted by molar-refractivity contribution is -0.143. The number of carbonyl (C=O) groups excluding carboxylic acids is 3. The molecule has 2 aromatic rings. The Morgan fingerprint density at radius 1 is 1.23 bits per heavy atom. The maximum Gasteiger partial charge on any atom is 0.228 e. The number of nitrogens with zero attached hydrogens (tertiary/aromatic N) is 2. The minimum Gasteiger partial charge on any atom is -0.369 e. The van der Waals surface area contributed by atoms with E-state index >= 15 is 0 Å². The van der Waals surface area contributed by atoms with E-state index in [0.717, 1.165) is 22.4 Å². The molecule has 2 aliphatic heterocycles. The summed E-state index contributed by atoms with van der Waals surface area (Å²) in [5.41, 5.74) is 7.35. The van der Waals surface area contributed by atoms with E-state index < -0.39 is 5.41 Å². The molecule has 2 aliphatic rings. The molecule has 0 bridgehead atoms. The zero-order chi connectivity index (χ0) is 22.0. The summed E-state index contributed by atoms with van der Waals surface area (Å²) < 4.78 is 0. The van der Waals surface area contributed by atoms with Crippen LogP contribution in [-0.4, -0.2) is 53.7 Å². The van der Waals surface area contributed by atoms with Crippen LogP contribution < -0.4 is 5.73 Å². The monoisotopic (exact) mass is 439 g/mol. The molecule has 6 nitrogen and oxygen atoms in total. The maximum absolute atomic E-state index is 13.2. The van der Waals surface area contributed by atoms with Crippen molar-refractivity contribution in [3.05, 3.63) is 47.3 Å². The molecular weight excluding hydrogens is 410 g/mol. The Morgan fingerprint density at radius 3 is 2.71 bits per heavy atom. The van der Waals surface area contributed by atoms with E-state index in [1.807, 2.05) is 30.5 Å². The fourth-order valence-electron chi connectivity index (χ4n) is 4.96. The fourth-order valence-corrected chi connectivity index (χ4v) is 5.75. The number of piperidine rings is 1. The molecule has 3 amide bonds. The van der Waals surface area contributed by atoms with Crippen molar-refractivity contribution in [2.75, 3.05) is 26.2 Å². The summed E-state index contributed by atoms with van der Waals surface area (Å²) in [7, 11) is 0. The number of rotatable bonds is 6. The van der Waals surface area contributed by atoms with Gasteiger partial charge in [-0.15, -0.1) is 11.3 Å². The molecule has 3 heterocycles. The molecule has 164 valence electrons. The summed E-state index contributed by atoms with van der Waals surface area (Å²) in [5.74, 6) is -0.678. The highest BCUT2D eigenvalue weighted by molar-refractivity contribution is 7.13. The number of thiophene rings is 1. The lowest BCUT2D eigenvalue weighted by Gasteiger charge is -2.42. The van der Waals surface area contributed by atoms with Crippen molar-refractivity contribution in [3.63, 3.8) is 0 Å². The van der Waals surface area contributed by atoms with Crippen LogP contribution in [0.4, 0.5) is 0 Å². The third-order valence-corrected chi connectivity index (χ3v) is 7.59. The van der Waals surface area contributed by atoms with Crippen LogP contribution >= 0.6 is 11.3 Å². The summed E-state index contributed by atoms with van der Waals surface area (Å²) in [5, 5.41) is 2.04. The van der Waals surface area contributed by atoms with Crippen molar-refractivity contribution in [2.45, 2.75) is 32.6 Å². The van der Waals surface area contributed by atoms with Crippen LogP contribution in [0.1, 0.15) is 31.7 Å². The van der Waals surface area contributed by atoms with Gasteiger partial charge in [0.05, 0.1) is 11.3 Å². The predicted octanol–water partition coefficient (Wildman–Crippen LogP) is 2.92. The number of carbonyl (C=O) groups is 3. The molecule has 2 saturated heterocycles. The Balaban J connectivity index is 1.57.